The molecule has 0 aromatic heterocycles. The number of carbonyl (C=O) groups is 2. The maximum absolute atomic E-state index is 13.1. The molecule has 3 aromatic rings. The topological polar surface area (TPSA) is 55.4 Å². The number of methoxy groups -OCH3 is 1. The van der Waals surface area contributed by atoms with E-state index in [0.29, 0.717) is 16.3 Å². The van der Waals surface area contributed by atoms with E-state index in [9.17, 15) is 9.59 Å². The summed E-state index contributed by atoms with van der Waals surface area (Å²) in [4.78, 5) is 25.1. The number of halogens is 1. The molecular weight excluding hydrogens is 374 g/mol. The van der Waals surface area contributed by atoms with Crippen molar-refractivity contribution >= 4 is 40.8 Å². The van der Waals surface area contributed by atoms with Gasteiger partial charge in [0.1, 0.15) is 0 Å². The second-order valence-corrected chi connectivity index (χ2v) is 6.34. The lowest BCUT2D eigenvalue weighted by Gasteiger charge is -2.12. The van der Waals surface area contributed by atoms with Gasteiger partial charge in [0.2, 0.25) is 0 Å². The number of amides is 1. The summed E-state index contributed by atoms with van der Waals surface area (Å²) in [5, 5.41) is 3.35. The smallest absolute Gasteiger partial charge is 0.339 e. The van der Waals surface area contributed by atoms with Gasteiger partial charge in [0.25, 0.3) is 5.91 Å². The van der Waals surface area contributed by atoms with E-state index in [1.54, 1.807) is 36.4 Å². The van der Waals surface area contributed by atoms with Crippen LogP contribution >= 0.6 is 11.6 Å². The number of carbonyl (C=O) groups excluding carboxylic acids is 2. The van der Waals surface area contributed by atoms with Crippen LogP contribution in [0.1, 0.15) is 21.5 Å². The third-order valence-electron chi connectivity index (χ3n) is 4.12. The molecule has 1 N–H and O–H groups in total. The highest BCUT2D eigenvalue weighted by Crippen LogP contribution is 2.25. The van der Waals surface area contributed by atoms with Gasteiger partial charge in [-0.25, -0.2) is 4.79 Å². The van der Waals surface area contributed by atoms with Gasteiger partial charge < -0.3 is 10.1 Å². The Morgan fingerprint density at radius 1 is 0.893 bits per heavy atom. The van der Waals surface area contributed by atoms with Crippen LogP contribution in [-0.2, 0) is 9.53 Å². The van der Waals surface area contributed by atoms with Gasteiger partial charge in [-0.1, -0.05) is 72.3 Å². The molecule has 0 aliphatic rings. The molecule has 0 spiro atoms. The van der Waals surface area contributed by atoms with Crippen molar-refractivity contribution in [2.24, 2.45) is 0 Å². The summed E-state index contributed by atoms with van der Waals surface area (Å²) in [5.74, 6) is -0.880. The van der Waals surface area contributed by atoms with Crippen molar-refractivity contribution in [3.63, 3.8) is 0 Å². The van der Waals surface area contributed by atoms with E-state index in [-0.39, 0.29) is 11.5 Å². The SMILES string of the molecule is COC(=O)c1ccccc1NC(=O)C(=Cc1ccccc1Cl)c1ccccc1. The van der Waals surface area contributed by atoms with E-state index in [2.05, 4.69) is 5.32 Å². The lowest BCUT2D eigenvalue weighted by atomic mass is 10.0. The van der Waals surface area contributed by atoms with Crippen LogP contribution in [0, 0.1) is 0 Å². The average Bonchev–Trinajstić information content (AvgIpc) is 2.73. The molecule has 3 aromatic carbocycles. The fourth-order valence-electron chi connectivity index (χ4n) is 2.72. The molecule has 28 heavy (non-hydrogen) atoms. The third kappa shape index (κ3) is 4.48. The Hall–Kier alpha value is -3.37. The van der Waals surface area contributed by atoms with E-state index < -0.39 is 5.97 Å². The highest BCUT2D eigenvalue weighted by atomic mass is 35.5. The number of rotatable bonds is 5. The number of anilines is 1. The van der Waals surface area contributed by atoms with Gasteiger partial charge in [-0.2, -0.15) is 0 Å². The van der Waals surface area contributed by atoms with E-state index >= 15 is 0 Å². The van der Waals surface area contributed by atoms with E-state index in [0.717, 1.165) is 11.1 Å². The van der Waals surface area contributed by atoms with Gasteiger partial charge in [-0.05, 0) is 35.4 Å². The first-order valence-corrected chi connectivity index (χ1v) is 8.98. The standard InChI is InChI=1S/C23H18ClNO3/c1-28-23(27)18-12-6-8-14-21(18)25-22(26)19(16-9-3-2-4-10-16)15-17-11-5-7-13-20(17)24/h2-15H,1H3,(H,25,26). The summed E-state index contributed by atoms with van der Waals surface area (Å²) in [6.45, 7) is 0. The zero-order valence-electron chi connectivity index (χ0n) is 15.2. The fraction of sp³-hybridized carbons (Fsp3) is 0.0435. The Morgan fingerprint density at radius 2 is 1.54 bits per heavy atom. The van der Waals surface area contributed by atoms with Crippen molar-refractivity contribution in [2.45, 2.75) is 0 Å². The molecule has 0 saturated carbocycles. The zero-order chi connectivity index (χ0) is 19.9. The monoisotopic (exact) mass is 391 g/mol. The molecule has 0 bridgehead atoms. The number of nitrogens with one attached hydrogen (secondary N) is 1. The Labute approximate surface area is 168 Å². The largest absolute Gasteiger partial charge is 0.465 e. The summed E-state index contributed by atoms with van der Waals surface area (Å²) in [5.41, 5.74) is 2.53. The Morgan fingerprint density at radius 3 is 2.25 bits per heavy atom. The van der Waals surface area contributed by atoms with Crippen LogP contribution in [0.25, 0.3) is 11.6 Å². The van der Waals surface area contributed by atoms with Crippen LogP contribution in [0.3, 0.4) is 0 Å². The Bertz CT molecular complexity index is 1030. The van der Waals surface area contributed by atoms with Crippen molar-refractivity contribution in [3.8, 4) is 0 Å². The molecule has 3 rings (SSSR count). The molecule has 0 radical (unpaired) electrons. The van der Waals surface area contributed by atoms with Crippen molar-refractivity contribution in [1.29, 1.82) is 0 Å². The zero-order valence-corrected chi connectivity index (χ0v) is 15.9. The molecule has 1 amide bonds. The number of para-hydroxylation sites is 1. The molecule has 140 valence electrons. The summed E-state index contributed by atoms with van der Waals surface area (Å²) >= 11 is 6.27. The Balaban J connectivity index is 2.02. The minimum atomic E-state index is -0.521. The molecule has 5 heteroatoms. The molecule has 4 nitrogen and oxygen atoms in total. The predicted molar refractivity (Wildman–Crippen MR) is 112 cm³/mol. The molecule has 0 aliphatic carbocycles. The van der Waals surface area contributed by atoms with Gasteiger partial charge in [-0.15, -0.1) is 0 Å². The van der Waals surface area contributed by atoms with E-state index in [1.807, 2.05) is 48.5 Å². The van der Waals surface area contributed by atoms with Crippen molar-refractivity contribution < 1.29 is 14.3 Å². The van der Waals surface area contributed by atoms with Gasteiger partial charge in [-0.3, -0.25) is 4.79 Å². The number of hydrogen-bond acceptors (Lipinski definition) is 3. The summed E-state index contributed by atoms with van der Waals surface area (Å²) in [6, 6.07) is 23.2. The van der Waals surface area contributed by atoms with Crippen LogP contribution in [0.15, 0.2) is 78.9 Å². The van der Waals surface area contributed by atoms with Gasteiger partial charge in [0.15, 0.2) is 0 Å². The number of benzene rings is 3. The molecule has 0 saturated heterocycles. The maximum atomic E-state index is 13.1. The lowest BCUT2D eigenvalue weighted by molar-refractivity contribution is -0.111. The first kappa shape index (κ1) is 19.4. The summed E-state index contributed by atoms with van der Waals surface area (Å²) in [6.07, 6.45) is 1.73. The minimum Gasteiger partial charge on any atom is -0.465 e. The molecule has 0 unspecified atom stereocenters. The number of esters is 1. The fourth-order valence-corrected chi connectivity index (χ4v) is 2.91. The maximum Gasteiger partial charge on any atom is 0.339 e. The number of hydrogen-bond donors (Lipinski definition) is 1. The quantitative estimate of drug-likeness (QED) is 0.364. The lowest BCUT2D eigenvalue weighted by Crippen LogP contribution is -2.16. The summed E-state index contributed by atoms with van der Waals surface area (Å²) in [7, 11) is 1.30. The van der Waals surface area contributed by atoms with E-state index in [1.165, 1.54) is 7.11 Å². The first-order chi connectivity index (χ1) is 13.6. The second-order valence-electron chi connectivity index (χ2n) is 5.94. The molecular formula is C23H18ClNO3. The highest BCUT2D eigenvalue weighted by Gasteiger charge is 2.17. The van der Waals surface area contributed by atoms with Gasteiger partial charge in [0, 0.05) is 10.6 Å². The molecule has 0 aliphatic heterocycles. The van der Waals surface area contributed by atoms with Crippen molar-refractivity contribution in [2.75, 3.05) is 12.4 Å². The van der Waals surface area contributed by atoms with Crippen LogP contribution in [-0.4, -0.2) is 19.0 Å². The minimum absolute atomic E-state index is 0.281. The third-order valence-corrected chi connectivity index (χ3v) is 4.46. The van der Waals surface area contributed by atoms with Crippen LogP contribution in [0.2, 0.25) is 5.02 Å². The highest BCUT2D eigenvalue weighted by molar-refractivity contribution is 6.34. The second kappa shape index (κ2) is 9.02. The van der Waals surface area contributed by atoms with Gasteiger partial charge >= 0.3 is 5.97 Å². The first-order valence-electron chi connectivity index (χ1n) is 8.60. The normalized spacial score (nSPS) is 11.0. The van der Waals surface area contributed by atoms with Gasteiger partial charge in [0.05, 0.1) is 18.4 Å². The van der Waals surface area contributed by atoms with Crippen molar-refractivity contribution in [1.82, 2.24) is 0 Å². The van der Waals surface area contributed by atoms with Crippen LogP contribution in [0.5, 0.6) is 0 Å². The predicted octanol–water partition coefficient (Wildman–Crippen LogP) is 5.31. The summed E-state index contributed by atoms with van der Waals surface area (Å²) < 4.78 is 4.79. The Kier molecular flexibility index (Phi) is 6.25. The van der Waals surface area contributed by atoms with Crippen LogP contribution in [0.4, 0.5) is 5.69 Å². The van der Waals surface area contributed by atoms with E-state index in [4.69, 9.17) is 16.3 Å². The van der Waals surface area contributed by atoms with Crippen molar-refractivity contribution in [3.05, 3.63) is 101 Å². The number of ether oxygens (including phenoxy) is 1. The molecule has 0 heterocycles. The molecule has 0 fully saturated rings. The molecule has 0 atom stereocenters. The van der Waals surface area contributed by atoms with Crippen LogP contribution < -0.4 is 5.32 Å². The average molecular weight is 392 g/mol.